The summed E-state index contributed by atoms with van der Waals surface area (Å²) in [5, 5.41) is 13.1. The Morgan fingerprint density at radius 3 is 2.88 bits per heavy atom. The molecule has 16 heavy (non-hydrogen) atoms. The molecule has 0 bridgehead atoms. The average Bonchev–Trinajstić information content (AvgIpc) is 2.71. The SMILES string of the molecule is Cc1cc(F)c(Br)cc1-n1ccc(CO)n1. The van der Waals surface area contributed by atoms with Crippen molar-refractivity contribution in [1.29, 1.82) is 0 Å². The van der Waals surface area contributed by atoms with E-state index in [2.05, 4.69) is 21.0 Å². The van der Waals surface area contributed by atoms with Crippen molar-refractivity contribution in [1.82, 2.24) is 9.78 Å². The number of aryl methyl sites for hydroxylation is 1. The second-order valence-corrected chi connectivity index (χ2v) is 4.32. The first-order valence-electron chi connectivity index (χ1n) is 4.73. The molecule has 0 aliphatic heterocycles. The van der Waals surface area contributed by atoms with E-state index in [0.29, 0.717) is 10.2 Å². The van der Waals surface area contributed by atoms with Crippen molar-refractivity contribution in [2.24, 2.45) is 0 Å². The molecule has 2 rings (SSSR count). The molecule has 0 saturated heterocycles. The second-order valence-electron chi connectivity index (χ2n) is 3.46. The van der Waals surface area contributed by atoms with Crippen molar-refractivity contribution in [2.75, 3.05) is 0 Å². The summed E-state index contributed by atoms with van der Waals surface area (Å²) in [4.78, 5) is 0. The normalized spacial score (nSPS) is 10.8. The van der Waals surface area contributed by atoms with Gasteiger partial charge in [0.05, 0.1) is 22.5 Å². The maximum Gasteiger partial charge on any atom is 0.137 e. The Bertz CT molecular complexity index is 525. The predicted molar refractivity (Wildman–Crippen MR) is 61.9 cm³/mol. The molecule has 0 fully saturated rings. The molecular weight excluding hydrogens is 275 g/mol. The van der Waals surface area contributed by atoms with Gasteiger partial charge in [-0.05, 0) is 46.6 Å². The topological polar surface area (TPSA) is 38.0 Å². The average molecular weight is 285 g/mol. The number of hydrogen-bond acceptors (Lipinski definition) is 2. The maximum atomic E-state index is 13.2. The molecule has 1 aromatic carbocycles. The molecular formula is C11H10BrFN2O. The Balaban J connectivity index is 2.51. The highest BCUT2D eigenvalue weighted by Crippen LogP contribution is 2.23. The summed E-state index contributed by atoms with van der Waals surface area (Å²) < 4.78 is 15.2. The number of benzene rings is 1. The zero-order chi connectivity index (χ0) is 11.7. The summed E-state index contributed by atoms with van der Waals surface area (Å²) in [5.74, 6) is -0.296. The first-order valence-corrected chi connectivity index (χ1v) is 5.52. The van der Waals surface area contributed by atoms with Crippen molar-refractivity contribution in [2.45, 2.75) is 13.5 Å². The Morgan fingerprint density at radius 2 is 2.25 bits per heavy atom. The van der Waals surface area contributed by atoms with E-state index < -0.39 is 0 Å². The summed E-state index contributed by atoms with van der Waals surface area (Å²) >= 11 is 3.14. The molecule has 1 heterocycles. The molecule has 0 unspecified atom stereocenters. The fourth-order valence-electron chi connectivity index (χ4n) is 1.46. The Kier molecular flexibility index (Phi) is 3.07. The highest BCUT2D eigenvalue weighted by molar-refractivity contribution is 9.10. The molecule has 0 saturated carbocycles. The van der Waals surface area contributed by atoms with Crippen LogP contribution in [0.1, 0.15) is 11.3 Å². The summed E-state index contributed by atoms with van der Waals surface area (Å²) in [7, 11) is 0. The molecule has 3 nitrogen and oxygen atoms in total. The van der Waals surface area contributed by atoms with Crippen LogP contribution in [-0.4, -0.2) is 14.9 Å². The lowest BCUT2D eigenvalue weighted by molar-refractivity contribution is 0.276. The Labute approximate surface area is 101 Å². The van der Waals surface area contributed by atoms with Crippen LogP contribution in [0, 0.1) is 12.7 Å². The van der Waals surface area contributed by atoms with Crippen LogP contribution in [0.25, 0.3) is 5.69 Å². The van der Waals surface area contributed by atoms with E-state index in [-0.39, 0.29) is 12.4 Å². The van der Waals surface area contributed by atoms with Crippen LogP contribution < -0.4 is 0 Å². The van der Waals surface area contributed by atoms with Crippen LogP contribution in [-0.2, 0) is 6.61 Å². The van der Waals surface area contributed by atoms with Gasteiger partial charge in [-0.1, -0.05) is 0 Å². The second kappa shape index (κ2) is 4.35. The molecule has 2 aromatic rings. The molecule has 1 N–H and O–H groups in total. The molecule has 0 radical (unpaired) electrons. The summed E-state index contributed by atoms with van der Waals surface area (Å²) in [6.07, 6.45) is 1.73. The van der Waals surface area contributed by atoms with Gasteiger partial charge in [-0.15, -0.1) is 0 Å². The first kappa shape index (κ1) is 11.3. The fourth-order valence-corrected chi connectivity index (χ4v) is 1.79. The molecule has 0 amide bonds. The van der Waals surface area contributed by atoms with E-state index in [9.17, 15) is 4.39 Å². The number of hydrogen-bond donors (Lipinski definition) is 1. The number of nitrogens with zero attached hydrogens (tertiary/aromatic N) is 2. The van der Waals surface area contributed by atoms with E-state index in [1.165, 1.54) is 6.07 Å². The molecule has 5 heteroatoms. The minimum Gasteiger partial charge on any atom is -0.390 e. The van der Waals surface area contributed by atoms with Gasteiger partial charge < -0.3 is 5.11 Å². The van der Waals surface area contributed by atoms with Crippen molar-refractivity contribution >= 4 is 15.9 Å². The molecule has 0 aliphatic rings. The van der Waals surface area contributed by atoms with Crippen molar-refractivity contribution in [3.05, 3.63) is 45.9 Å². The predicted octanol–water partition coefficient (Wildman–Crippen LogP) is 2.57. The van der Waals surface area contributed by atoms with Gasteiger partial charge in [0.1, 0.15) is 5.82 Å². The number of rotatable bonds is 2. The third kappa shape index (κ3) is 2.01. The Hall–Kier alpha value is -1.20. The zero-order valence-electron chi connectivity index (χ0n) is 8.61. The lowest BCUT2D eigenvalue weighted by atomic mass is 10.2. The van der Waals surface area contributed by atoms with Crippen LogP contribution >= 0.6 is 15.9 Å². The Morgan fingerprint density at radius 1 is 1.50 bits per heavy atom. The molecule has 1 aromatic heterocycles. The van der Waals surface area contributed by atoms with E-state index in [0.717, 1.165) is 11.3 Å². The number of aromatic nitrogens is 2. The van der Waals surface area contributed by atoms with E-state index in [1.807, 2.05) is 6.92 Å². The van der Waals surface area contributed by atoms with Gasteiger partial charge in [0, 0.05) is 6.20 Å². The van der Waals surface area contributed by atoms with Crippen LogP contribution in [0.4, 0.5) is 4.39 Å². The zero-order valence-corrected chi connectivity index (χ0v) is 10.2. The largest absolute Gasteiger partial charge is 0.390 e. The van der Waals surface area contributed by atoms with Gasteiger partial charge >= 0.3 is 0 Å². The number of aliphatic hydroxyl groups excluding tert-OH is 1. The van der Waals surface area contributed by atoms with Crippen LogP contribution in [0.2, 0.25) is 0 Å². The third-order valence-corrected chi connectivity index (χ3v) is 2.90. The van der Waals surface area contributed by atoms with Gasteiger partial charge in [-0.2, -0.15) is 5.10 Å². The smallest absolute Gasteiger partial charge is 0.137 e. The van der Waals surface area contributed by atoms with Gasteiger partial charge in [0.15, 0.2) is 0 Å². The van der Waals surface area contributed by atoms with Crippen molar-refractivity contribution in [3.8, 4) is 5.69 Å². The van der Waals surface area contributed by atoms with Gasteiger partial charge in [0.2, 0.25) is 0 Å². The summed E-state index contributed by atoms with van der Waals surface area (Å²) in [6.45, 7) is 1.71. The molecule has 84 valence electrons. The standard InChI is InChI=1S/C11H10BrFN2O/c1-7-4-10(13)9(12)5-11(7)15-3-2-8(6-16)14-15/h2-5,16H,6H2,1H3. The third-order valence-electron chi connectivity index (χ3n) is 2.29. The molecule has 0 atom stereocenters. The van der Waals surface area contributed by atoms with Crippen molar-refractivity contribution in [3.63, 3.8) is 0 Å². The summed E-state index contributed by atoms with van der Waals surface area (Å²) in [6, 6.07) is 4.83. The van der Waals surface area contributed by atoms with E-state index in [1.54, 1.807) is 23.0 Å². The molecule has 0 aliphatic carbocycles. The van der Waals surface area contributed by atoms with Gasteiger partial charge in [0.25, 0.3) is 0 Å². The highest BCUT2D eigenvalue weighted by Gasteiger charge is 2.08. The van der Waals surface area contributed by atoms with Crippen LogP contribution in [0.3, 0.4) is 0 Å². The quantitative estimate of drug-likeness (QED) is 0.921. The lowest BCUT2D eigenvalue weighted by Gasteiger charge is -2.07. The minimum absolute atomic E-state index is 0.103. The number of aliphatic hydroxyl groups is 1. The van der Waals surface area contributed by atoms with E-state index in [4.69, 9.17) is 5.11 Å². The first-order chi connectivity index (χ1) is 7.61. The van der Waals surface area contributed by atoms with Gasteiger partial charge in [-0.3, -0.25) is 0 Å². The highest BCUT2D eigenvalue weighted by atomic mass is 79.9. The molecule has 0 spiro atoms. The van der Waals surface area contributed by atoms with Crippen molar-refractivity contribution < 1.29 is 9.50 Å². The fraction of sp³-hybridized carbons (Fsp3) is 0.182. The van der Waals surface area contributed by atoms with E-state index >= 15 is 0 Å². The monoisotopic (exact) mass is 284 g/mol. The maximum absolute atomic E-state index is 13.2. The van der Waals surface area contributed by atoms with Crippen LogP contribution in [0.5, 0.6) is 0 Å². The minimum atomic E-state index is -0.296. The van der Waals surface area contributed by atoms with Crippen LogP contribution in [0.15, 0.2) is 28.9 Å². The number of halogens is 2. The summed E-state index contributed by atoms with van der Waals surface area (Å²) in [5.41, 5.74) is 2.15. The van der Waals surface area contributed by atoms with Gasteiger partial charge in [-0.25, -0.2) is 9.07 Å². The lowest BCUT2D eigenvalue weighted by Crippen LogP contribution is -2.00.